The summed E-state index contributed by atoms with van der Waals surface area (Å²) in [5.41, 5.74) is 2.99. The molecule has 0 amide bonds. The molecule has 4 unspecified atom stereocenters. The number of ether oxygens (including phenoxy) is 4. The number of allylic oxidation sites excluding steroid dienone is 1. The van der Waals surface area contributed by atoms with Crippen molar-refractivity contribution >= 4 is 41.4 Å². The summed E-state index contributed by atoms with van der Waals surface area (Å²) in [7, 11) is 6.38. The van der Waals surface area contributed by atoms with Crippen LogP contribution >= 0.6 is 12.6 Å². The number of piperidine rings is 1. The lowest BCUT2D eigenvalue weighted by Crippen LogP contribution is -2.77. The first-order valence-corrected chi connectivity index (χ1v) is 22.2. The summed E-state index contributed by atoms with van der Waals surface area (Å²) >= 11 is 4.64. The number of nitrogens with one attached hydrogen (secondary N) is 1. The SMILES string of the molecule is CCC1=C[C@H]2CN(C1)Cc1c([nH]c3ccc(CS)cc13)[C@@](C(=O)OC)(C1C=C3C(=CC1OC)N(C)[C@H]1[C@@](O)(C(=O)OC)[C@H](OC(C)=O)C4[C@@H](CC)CCN5CC[C@]31[C@H]45)C2. The van der Waals surface area contributed by atoms with Gasteiger partial charge in [0.2, 0.25) is 5.60 Å². The molecule has 2 aliphatic carbocycles. The third-order valence-corrected chi connectivity index (χ3v) is 16.2. The van der Waals surface area contributed by atoms with E-state index in [9.17, 15) is 14.7 Å². The van der Waals surface area contributed by atoms with E-state index in [1.54, 1.807) is 7.11 Å². The van der Waals surface area contributed by atoms with Gasteiger partial charge in [0, 0.05) is 92.1 Å². The zero-order chi connectivity index (χ0) is 41.8. The molecule has 0 radical (unpaired) electrons. The molecule has 318 valence electrons. The van der Waals surface area contributed by atoms with E-state index in [2.05, 4.69) is 77.7 Å². The predicted molar refractivity (Wildman–Crippen MR) is 225 cm³/mol. The van der Waals surface area contributed by atoms with Crippen molar-refractivity contribution < 1.29 is 38.4 Å². The van der Waals surface area contributed by atoms with E-state index in [1.165, 1.54) is 26.7 Å². The van der Waals surface area contributed by atoms with Gasteiger partial charge in [-0.3, -0.25) is 19.4 Å². The first kappa shape index (κ1) is 40.8. The number of rotatable bonds is 8. The first-order valence-electron chi connectivity index (χ1n) is 21.5. The topological polar surface area (TPSA) is 134 Å². The van der Waals surface area contributed by atoms with Crippen molar-refractivity contribution in [1.29, 1.82) is 0 Å². The van der Waals surface area contributed by atoms with Crippen LogP contribution in [0.5, 0.6) is 0 Å². The van der Waals surface area contributed by atoms with Gasteiger partial charge in [0.15, 0.2) is 0 Å². The maximum Gasteiger partial charge on any atom is 0.344 e. The van der Waals surface area contributed by atoms with Gasteiger partial charge in [-0.25, -0.2) is 4.79 Å². The van der Waals surface area contributed by atoms with Crippen LogP contribution in [0.15, 0.2) is 53.3 Å². The van der Waals surface area contributed by atoms with Gasteiger partial charge >= 0.3 is 17.9 Å². The van der Waals surface area contributed by atoms with E-state index in [0.717, 1.165) is 84.4 Å². The Labute approximate surface area is 352 Å². The van der Waals surface area contributed by atoms with Crippen molar-refractivity contribution in [2.24, 2.45) is 29.1 Å². The highest BCUT2D eigenvalue weighted by atomic mass is 32.1. The fourth-order valence-electron chi connectivity index (χ4n) is 13.7. The Bertz CT molecular complexity index is 2170. The summed E-state index contributed by atoms with van der Waals surface area (Å²) in [5.74, 6) is -1.86. The van der Waals surface area contributed by atoms with E-state index >= 15 is 4.79 Å². The van der Waals surface area contributed by atoms with E-state index in [-0.39, 0.29) is 29.8 Å². The standard InChI is InChI=1S/C46H60N4O8S/c1-8-26-16-28-20-45(42(52)56-6,38-31(23-49(21-26)22-28)30-17-27(24-59)10-11-34(30)47-38)33-18-32-35(19-36(33)55-5)48(4)41-44(32)13-15-50-14-12-29(9-2)37(39(44)50)40(58-25(3)51)46(41,54)43(53)57-7/h10-11,16-19,28-29,33,36-37,39-41,47,54,59H,8-9,12-15,20-24H2,1-7H3/t28-,29+,33?,36?,37?,39+,40-,41-,44-,45+,46-/m1/s1. The third kappa shape index (κ3) is 5.59. The zero-order valence-corrected chi connectivity index (χ0v) is 36.3. The Hall–Kier alpha value is -3.62. The van der Waals surface area contributed by atoms with Crippen molar-refractivity contribution in [3.63, 3.8) is 0 Å². The molecule has 2 N–H and O–H groups in total. The number of nitrogens with zero attached hydrogens (tertiary/aromatic N) is 3. The fraction of sp³-hybridized carbons (Fsp3) is 0.630. The second-order valence-corrected chi connectivity index (χ2v) is 18.6. The number of hydrogen-bond donors (Lipinski definition) is 3. The number of aromatic nitrogens is 1. The maximum absolute atomic E-state index is 15.3. The number of fused-ring (bicyclic) bond motifs is 6. The Morgan fingerprint density at radius 1 is 1.03 bits per heavy atom. The van der Waals surface area contributed by atoms with Crippen LogP contribution in [0.2, 0.25) is 0 Å². The molecule has 5 aliphatic heterocycles. The molecule has 2 aromatic rings. The molecule has 2 bridgehead atoms. The Morgan fingerprint density at radius 3 is 2.49 bits per heavy atom. The average Bonchev–Trinajstić information content (AvgIpc) is 3.88. The molecule has 12 atom stereocenters. The summed E-state index contributed by atoms with van der Waals surface area (Å²) in [6.45, 7) is 9.63. The van der Waals surface area contributed by atoms with Crippen LogP contribution in [0.25, 0.3) is 10.9 Å². The smallest absolute Gasteiger partial charge is 0.344 e. The lowest BCUT2D eigenvalue weighted by Gasteiger charge is -2.61. The molecular formula is C46H60N4O8S. The minimum Gasteiger partial charge on any atom is -0.468 e. The van der Waals surface area contributed by atoms with Crippen molar-refractivity contribution in [3.05, 3.63) is 70.1 Å². The number of carbonyl (C=O) groups is 3. The number of esters is 3. The highest BCUT2D eigenvalue weighted by Gasteiger charge is 2.79. The second-order valence-electron chi connectivity index (χ2n) is 18.3. The molecule has 12 nitrogen and oxygen atoms in total. The second kappa shape index (κ2) is 14.8. The van der Waals surface area contributed by atoms with Crippen LogP contribution in [-0.2, 0) is 51.0 Å². The van der Waals surface area contributed by atoms with Gasteiger partial charge in [0.05, 0.1) is 26.4 Å². The van der Waals surface area contributed by atoms with Gasteiger partial charge < -0.3 is 33.9 Å². The largest absolute Gasteiger partial charge is 0.468 e. The van der Waals surface area contributed by atoms with Crippen LogP contribution in [0.3, 0.4) is 0 Å². The summed E-state index contributed by atoms with van der Waals surface area (Å²) in [6, 6.07) is 5.40. The zero-order valence-electron chi connectivity index (χ0n) is 35.5. The first-order chi connectivity index (χ1) is 28.3. The molecule has 9 rings (SSSR count). The van der Waals surface area contributed by atoms with Crippen molar-refractivity contribution in [2.45, 2.75) is 100 Å². The molecule has 1 aromatic carbocycles. The molecule has 6 heterocycles. The molecule has 7 aliphatic rings. The molecule has 59 heavy (non-hydrogen) atoms. The Balaban J connectivity index is 1.32. The summed E-state index contributed by atoms with van der Waals surface area (Å²) in [6.07, 6.45) is 8.77. The van der Waals surface area contributed by atoms with Gasteiger partial charge in [-0.1, -0.05) is 44.1 Å². The molecule has 1 saturated carbocycles. The normalized spacial score (nSPS) is 38.4. The summed E-state index contributed by atoms with van der Waals surface area (Å²) in [5, 5.41) is 14.4. The summed E-state index contributed by atoms with van der Waals surface area (Å²) in [4.78, 5) is 53.5. The third-order valence-electron chi connectivity index (χ3n) is 15.8. The summed E-state index contributed by atoms with van der Waals surface area (Å²) < 4.78 is 24.1. The molecule has 13 heteroatoms. The number of aromatic amines is 1. The number of carbonyl (C=O) groups excluding carboxylic acids is 3. The number of likely N-dealkylation sites (tertiary alicyclic amines) is 1. The van der Waals surface area contributed by atoms with Crippen LogP contribution in [0.1, 0.15) is 69.7 Å². The Morgan fingerprint density at radius 2 is 1.81 bits per heavy atom. The van der Waals surface area contributed by atoms with Crippen LogP contribution in [-0.4, -0.2) is 127 Å². The quantitative estimate of drug-likeness (QED) is 0.145. The highest BCUT2D eigenvalue weighted by molar-refractivity contribution is 7.79. The average molecular weight is 829 g/mol. The van der Waals surface area contributed by atoms with E-state index in [0.29, 0.717) is 25.1 Å². The number of methoxy groups -OCH3 is 3. The number of benzene rings is 1. The maximum atomic E-state index is 15.3. The van der Waals surface area contributed by atoms with E-state index in [1.807, 2.05) is 11.9 Å². The van der Waals surface area contributed by atoms with E-state index in [4.69, 9.17) is 18.9 Å². The van der Waals surface area contributed by atoms with Crippen LogP contribution < -0.4 is 0 Å². The van der Waals surface area contributed by atoms with Crippen molar-refractivity contribution in [3.8, 4) is 0 Å². The molecule has 4 fully saturated rings. The minimum absolute atomic E-state index is 0.0578. The van der Waals surface area contributed by atoms with Gasteiger partial charge in [0.25, 0.3) is 0 Å². The van der Waals surface area contributed by atoms with Gasteiger partial charge in [0.1, 0.15) is 11.5 Å². The minimum atomic E-state index is -2.20. The monoisotopic (exact) mass is 828 g/mol. The fourth-order valence-corrected chi connectivity index (χ4v) is 13.9. The van der Waals surface area contributed by atoms with Crippen molar-refractivity contribution in [1.82, 2.24) is 19.7 Å². The number of H-pyrrole nitrogens is 1. The molecular weight excluding hydrogens is 769 g/mol. The van der Waals surface area contributed by atoms with Crippen LogP contribution in [0.4, 0.5) is 0 Å². The highest BCUT2D eigenvalue weighted by Crippen LogP contribution is 2.68. The van der Waals surface area contributed by atoms with Gasteiger partial charge in [-0.05, 0) is 85.5 Å². The number of likely N-dealkylation sites (N-methyl/N-ethyl adjacent to an activating group) is 1. The molecule has 1 spiro atoms. The lowest BCUT2D eigenvalue weighted by atomic mass is 9.50. The Kier molecular flexibility index (Phi) is 10.2. The van der Waals surface area contributed by atoms with Gasteiger partial charge in [-0.15, -0.1) is 0 Å². The van der Waals surface area contributed by atoms with E-state index < -0.39 is 52.5 Å². The van der Waals surface area contributed by atoms with Crippen molar-refractivity contribution in [2.75, 3.05) is 54.6 Å². The number of aliphatic hydroxyl groups is 1. The number of hydrogen-bond acceptors (Lipinski definition) is 12. The van der Waals surface area contributed by atoms with Crippen LogP contribution in [0, 0.1) is 29.1 Å². The molecule has 1 aromatic heterocycles. The van der Waals surface area contributed by atoms with Gasteiger partial charge in [-0.2, -0.15) is 12.6 Å². The molecule has 3 saturated heterocycles. The number of thiol groups is 1. The predicted octanol–water partition coefficient (Wildman–Crippen LogP) is 4.91. The lowest BCUT2D eigenvalue weighted by molar-refractivity contribution is -0.238.